The summed E-state index contributed by atoms with van der Waals surface area (Å²) >= 11 is 0. The first-order valence-corrected chi connectivity index (χ1v) is 6.63. The van der Waals surface area contributed by atoms with E-state index in [-0.39, 0.29) is 24.8 Å². The summed E-state index contributed by atoms with van der Waals surface area (Å²) in [6.45, 7) is 4.72. The van der Waals surface area contributed by atoms with Crippen LogP contribution in [0.25, 0.3) is 0 Å². The molecule has 1 aromatic rings. The summed E-state index contributed by atoms with van der Waals surface area (Å²) in [7, 11) is 1.35. The summed E-state index contributed by atoms with van der Waals surface area (Å²) < 4.78 is 15.6. The molecule has 4 nitrogen and oxygen atoms in total. The minimum atomic E-state index is -0.385. The van der Waals surface area contributed by atoms with E-state index in [1.54, 1.807) is 6.08 Å². The fourth-order valence-corrected chi connectivity index (χ4v) is 1.57. The van der Waals surface area contributed by atoms with Gasteiger partial charge in [0.1, 0.15) is 6.79 Å². The third kappa shape index (κ3) is 6.50. The first kappa shape index (κ1) is 16.4. The van der Waals surface area contributed by atoms with Crippen LogP contribution in [0.2, 0.25) is 0 Å². The number of hydrogen-bond donors (Lipinski definition) is 0. The van der Waals surface area contributed by atoms with Gasteiger partial charge in [-0.15, -0.1) is 0 Å². The molecule has 0 fully saturated rings. The second-order valence-corrected chi connectivity index (χ2v) is 4.71. The highest BCUT2D eigenvalue weighted by Gasteiger charge is 2.11. The van der Waals surface area contributed by atoms with Crippen molar-refractivity contribution < 1.29 is 19.0 Å². The van der Waals surface area contributed by atoms with Crippen LogP contribution in [0.4, 0.5) is 0 Å². The number of ether oxygens (including phenoxy) is 3. The highest BCUT2D eigenvalue weighted by Crippen LogP contribution is 2.09. The number of esters is 1. The van der Waals surface area contributed by atoms with Gasteiger partial charge in [-0.25, -0.2) is 4.79 Å². The minimum Gasteiger partial charge on any atom is -0.466 e. The fourth-order valence-electron chi connectivity index (χ4n) is 1.57. The Kier molecular flexibility index (Phi) is 7.62. The van der Waals surface area contributed by atoms with E-state index in [9.17, 15) is 4.79 Å². The SMILES string of the molecule is COC(=O)C=CC(OCOCc1ccccc1)C(C)C. The summed E-state index contributed by atoms with van der Waals surface area (Å²) in [5, 5.41) is 0. The Morgan fingerprint density at radius 2 is 1.95 bits per heavy atom. The summed E-state index contributed by atoms with van der Waals surface area (Å²) in [6, 6.07) is 9.89. The van der Waals surface area contributed by atoms with E-state index in [1.807, 2.05) is 44.2 Å². The number of carbonyl (C=O) groups is 1. The number of hydrogen-bond acceptors (Lipinski definition) is 4. The highest BCUT2D eigenvalue weighted by molar-refractivity contribution is 5.81. The number of rotatable bonds is 8. The van der Waals surface area contributed by atoms with E-state index in [0.29, 0.717) is 6.61 Å². The number of benzene rings is 1. The first-order valence-electron chi connectivity index (χ1n) is 6.63. The standard InChI is InChI=1S/C16H22O4/c1-13(2)15(9-10-16(17)18-3)20-12-19-11-14-7-5-4-6-8-14/h4-10,13,15H,11-12H2,1-3H3. The van der Waals surface area contributed by atoms with Crippen LogP contribution in [-0.2, 0) is 25.6 Å². The smallest absolute Gasteiger partial charge is 0.330 e. The summed E-state index contributed by atoms with van der Waals surface area (Å²) in [4.78, 5) is 11.1. The van der Waals surface area contributed by atoms with Crippen LogP contribution in [0, 0.1) is 5.92 Å². The van der Waals surface area contributed by atoms with E-state index < -0.39 is 0 Å². The van der Waals surface area contributed by atoms with Crippen molar-refractivity contribution in [3.05, 3.63) is 48.0 Å². The van der Waals surface area contributed by atoms with Crippen LogP contribution in [0.15, 0.2) is 42.5 Å². The van der Waals surface area contributed by atoms with Crippen molar-refractivity contribution in [2.24, 2.45) is 5.92 Å². The van der Waals surface area contributed by atoms with Gasteiger partial charge in [-0.2, -0.15) is 0 Å². The van der Waals surface area contributed by atoms with E-state index >= 15 is 0 Å². The largest absolute Gasteiger partial charge is 0.466 e. The third-order valence-corrected chi connectivity index (χ3v) is 2.74. The molecule has 4 heteroatoms. The Hall–Kier alpha value is -1.65. The van der Waals surface area contributed by atoms with Crippen LogP contribution < -0.4 is 0 Å². The van der Waals surface area contributed by atoms with Crippen LogP contribution in [0.3, 0.4) is 0 Å². The molecule has 0 aliphatic rings. The van der Waals surface area contributed by atoms with Crippen molar-refractivity contribution in [1.82, 2.24) is 0 Å². The fraction of sp³-hybridized carbons (Fsp3) is 0.438. The number of methoxy groups -OCH3 is 1. The topological polar surface area (TPSA) is 44.8 Å². The van der Waals surface area contributed by atoms with Gasteiger partial charge in [-0.1, -0.05) is 44.2 Å². The molecular formula is C16H22O4. The van der Waals surface area contributed by atoms with Gasteiger partial charge >= 0.3 is 5.97 Å². The molecule has 0 aliphatic carbocycles. The maximum Gasteiger partial charge on any atom is 0.330 e. The molecule has 0 bridgehead atoms. The molecule has 0 heterocycles. The lowest BCUT2D eigenvalue weighted by molar-refractivity contribution is -0.135. The average molecular weight is 278 g/mol. The van der Waals surface area contributed by atoms with E-state index in [2.05, 4.69) is 4.74 Å². The average Bonchev–Trinajstić information content (AvgIpc) is 2.46. The third-order valence-electron chi connectivity index (χ3n) is 2.74. The van der Waals surface area contributed by atoms with Gasteiger partial charge in [0.2, 0.25) is 0 Å². The quantitative estimate of drug-likeness (QED) is 0.317. The maximum absolute atomic E-state index is 11.1. The summed E-state index contributed by atoms with van der Waals surface area (Å²) in [6.07, 6.45) is 2.90. The van der Waals surface area contributed by atoms with Gasteiger partial charge in [0.15, 0.2) is 0 Å². The predicted molar refractivity (Wildman–Crippen MR) is 77.0 cm³/mol. The molecule has 0 amide bonds. The molecule has 0 saturated carbocycles. The molecule has 0 saturated heterocycles. The Labute approximate surface area is 120 Å². The molecule has 0 aromatic heterocycles. The van der Waals surface area contributed by atoms with E-state index in [0.717, 1.165) is 5.56 Å². The van der Waals surface area contributed by atoms with Crippen molar-refractivity contribution in [2.75, 3.05) is 13.9 Å². The van der Waals surface area contributed by atoms with Crippen LogP contribution in [0.5, 0.6) is 0 Å². The number of carbonyl (C=O) groups excluding carboxylic acids is 1. The maximum atomic E-state index is 11.1. The van der Waals surface area contributed by atoms with Gasteiger partial charge < -0.3 is 14.2 Å². The van der Waals surface area contributed by atoms with Crippen LogP contribution in [0.1, 0.15) is 19.4 Å². The zero-order valence-electron chi connectivity index (χ0n) is 12.2. The Bertz CT molecular complexity index is 412. The molecule has 20 heavy (non-hydrogen) atoms. The molecule has 0 radical (unpaired) electrons. The Balaban J connectivity index is 2.32. The second-order valence-electron chi connectivity index (χ2n) is 4.71. The second kappa shape index (κ2) is 9.28. The molecule has 0 N–H and O–H groups in total. The van der Waals surface area contributed by atoms with Crippen LogP contribution >= 0.6 is 0 Å². The lowest BCUT2D eigenvalue weighted by Gasteiger charge is -2.17. The van der Waals surface area contributed by atoms with Crippen molar-refractivity contribution in [3.63, 3.8) is 0 Å². The lowest BCUT2D eigenvalue weighted by atomic mass is 10.1. The Morgan fingerprint density at radius 1 is 1.25 bits per heavy atom. The van der Waals surface area contributed by atoms with Crippen LogP contribution in [-0.4, -0.2) is 26.0 Å². The van der Waals surface area contributed by atoms with Crippen molar-refractivity contribution in [3.8, 4) is 0 Å². The zero-order valence-corrected chi connectivity index (χ0v) is 12.2. The van der Waals surface area contributed by atoms with Gasteiger partial charge in [-0.3, -0.25) is 0 Å². The summed E-state index contributed by atoms with van der Waals surface area (Å²) in [5.74, 6) is -0.138. The normalized spacial score (nSPS) is 12.8. The first-order chi connectivity index (χ1) is 9.63. The van der Waals surface area contributed by atoms with Gasteiger partial charge in [0.25, 0.3) is 0 Å². The minimum absolute atomic E-state index is 0.176. The van der Waals surface area contributed by atoms with E-state index in [4.69, 9.17) is 9.47 Å². The van der Waals surface area contributed by atoms with Gasteiger partial charge in [0, 0.05) is 6.08 Å². The molecule has 0 spiro atoms. The van der Waals surface area contributed by atoms with Crippen molar-refractivity contribution in [1.29, 1.82) is 0 Å². The lowest BCUT2D eigenvalue weighted by Crippen LogP contribution is -2.19. The molecular weight excluding hydrogens is 256 g/mol. The highest BCUT2D eigenvalue weighted by atomic mass is 16.7. The van der Waals surface area contributed by atoms with Gasteiger partial charge in [0.05, 0.1) is 19.8 Å². The molecule has 1 atom stereocenters. The Morgan fingerprint density at radius 3 is 2.55 bits per heavy atom. The molecule has 1 aromatic carbocycles. The van der Waals surface area contributed by atoms with E-state index in [1.165, 1.54) is 13.2 Å². The van der Waals surface area contributed by atoms with Gasteiger partial charge in [-0.05, 0) is 17.6 Å². The van der Waals surface area contributed by atoms with Crippen molar-refractivity contribution in [2.45, 2.75) is 26.6 Å². The predicted octanol–water partition coefficient (Wildman–Crippen LogP) is 2.93. The zero-order chi connectivity index (χ0) is 14.8. The summed E-state index contributed by atoms with van der Waals surface area (Å²) in [5.41, 5.74) is 1.10. The molecule has 0 aliphatic heterocycles. The van der Waals surface area contributed by atoms with Crippen molar-refractivity contribution >= 4 is 5.97 Å². The monoisotopic (exact) mass is 278 g/mol. The molecule has 1 rings (SSSR count). The molecule has 110 valence electrons. The molecule has 1 unspecified atom stereocenters.